The van der Waals surface area contributed by atoms with Gasteiger partial charge in [-0.05, 0) is 54.8 Å². The van der Waals surface area contributed by atoms with Gasteiger partial charge >= 0.3 is 0 Å². The summed E-state index contributed by atoms with van der Waals surface area (Å²) in [6.45, 7) is 1.90. The maximum absolute atomic E-state index is 12.9. The van der Waals surface area contributed by atoms with Crippen LogP contribution in [0.1, 0.15) is 18.4 Å². The largest absolute Gasteiger partial charge is 0.493 e. The van der Waals surface area contributed by atoms with E-state index >= 15 is 0 Å². The number of likely N-dealkylation sites (tertiary alicyclic amines) is 1. The van der Waals surface area contributed by atoms with Crippen molar-refractivity contribution in [2.75, 3.05) is 19.7 Å². The first-order chi connectivity index (χ1) is 12.1. The van der Waals surface area contributed by atoms with Crippen LogP contribution in [0.2, 0.25) is 0 Å². The normalized spacial score (nSPS) is 17.4. The molecule has 0 bridgehead atoms. The Kier molecular flexibility index (Phi) is 5.64. The van der Waals surface area contributed by atoms with Crippen molar-refractivity contribution in [1.29, 1.82) is 0 Å². The van der Waals surface area contributed by atoms with Crippen molar-refractivity contribution in [3.05, 3.63) is 65.7 Å². The first-order valence-electron chi connectivity index (χ1n) is 8.51. The molecule has 3 rings (SSSR count). The van der Waals surface area contributed by atoms with E-state index in [0.717, 1.165) is 24.9 Å². The predicted molar refractivity (Wildman–Crippen MR) is 91.3 cm³/mol. The molecule has 0 radical (unpaired) electrons. The van der Waals surface area contributed by atoms with Gasteiger partial charge < -0.3 is 9.64 Å². The van der Waals surface area contributed by atoms with Gasteiger partial charge in [-0.15, -0.1) is 0 Å². The van der Waals surface area contributed by atoms with Crippen molar-refractivity contribution < 1.29 is 18.3 Å². The second-order valence-electron chi connectivity index (χ2n) is 6.42. The van der Waals surface area contributed by atoms with Crippen LogP contribution in [0.5, 0.6) is 5.75 Å². The molecule has 0 N–H and O–H groups in total. The molecule has 5 heteroatoms. The van der Waals surface area contributed by atoms with Crippen LogP contribution < -0.4 is 4.74 Å². The van der Waals surface area contributed by atoms with Gasteiger partial charge in [-0.25, -0.2) is 8.78 Å². The Morgan fingerprint density at radius 1 is 1.04 bits per heavy atom. The average molecular weight is 345 g/mol. The molecule has 1 aliphatic rings. The topological polar surface area (TPSA) is 29.5 Å². The van der Waals surface area contributed by atoms with E-state index in [-0.39, 0.29) is 29.9 Å². The zero-order valence-electron chi connectivity index (χ0n) is 14.0. The molecule has 25 heavy (non-hydrogen) atoms. The van der Waals surface area contributed by atoms with Crippen LogP contribution in [0, 0.1) is 17.6 Å². The van der Waals surface area contributed by atoms with Crippen LogP contribution in [0.3, 0.4) is 0 Å². The number of carbonyl (C=O) groups excluding carboxylic acids is 1. The van der Waals surface area contributed by atoms with E-state index in [1.54, 1.807) is 24.3 Å². The van der Waals surface area contributed by atoms with E-state index in [1.807, 2.05) is 4.90 Å². The molecule has 2 aromatic carbocycles. The van der Waals surface area contributed by atoms with Gasteiger partial charge in [0, 0.05) is 19.0 Å². The van der Waals surface area contributed by atoms with Crippen molar-refractivity contribution in [3.63, 3.8) is 0 Å². The van der Waals surface area contributed by atoms with Crippen molar-refractivity contribution in [1.82, 2.24) is 4.90 Å². The van der Waals surface area contributed by atoms with Gasteiger partial charge in [0.15, 0.2) is 0 Å². The SMILES string of the molecule is O=C(Cc1ccc(F)cc1)N1CCCC(COc2ccc(F)cc2)C1. The quantitative estimate of drug-likeness (QED) is 0.824. The fourth-order valence-corrected chi connectivity index (χ4v) is 3.06. The summed E-state index contributed by atoms with van der Waals surface area (Å²) in [6.07, 6.45) is 2.22. The fraction of sp³-hybridized carbons (Fsp3) is 0.350. The molecule has 0 spiro atoms. The Morgan fingerprint density at radius 2 is 1.68 bits per heavy atom. The lowest BCUT2D eigenvalue weighted by Gasteiger charge is -2.32. The fourth-order valence-electron chi connectivity index (χ4n) is 3.06. The Labute approximate surface area is 146 Å². The summed E-state index contributed by atoms with van der Waals surface area (Å²) >= 11 is 0. The Morgan fingerprint density at radius 3 is 2.36 bits per heavy atom. The highest BCUT2D eigenvalue weighted by atomic mass is 19.1. The molecule has 1 amide bonds. The highest BCUT2D eigenvalue weighted by Crippen LogP contribution is 2.20. The van der Waals surface area contributed by atoms with E-state index in [1.165, 1.54) is 24.3 Å². The maximum atomic E-state index is 12.9. The molecule has 0 saturated carbocycles. The Balaban J connectivity index is 1.50. The second-order valence-corrected chi connectivity index (χ2v) is 6.42. The lowest BCUT2D eigenvalue weighted by molar-refractivity contribution is -0.132. The molecule has 1 unspecified atom stereocenters. The minimum Gasteiger partial charge on any atom is -0.493 e. The van der Waals surface area contributed by atoms with Crippen molar-refractivity contribution in [2.45, 2.75) is 19.3 Å². The molecule has 1 saturated heterocycles. The molecule has 0 aliphatic carbocycles. The summed E-state index contributed by atoms with van der Waals surface area (Å²) in [5.74, 6) is 0.361. The van der Waals surface area contributed by atoms with E-state index < -0.39 is 0 Å². The van der Waals surface area contributed by atoms with Gasteiger partial charge in [0.05, 0.1) is 13.0 Å². The third kappa shape index (κ3) is 5.02. The van der Waals surface area contributed by atoms with Crippen LogP contribution in [0.25, 0.3) is 0 Å². The van der Waals surface area contributed by atoms with Gasteiger partial charge in [-0.1, -0.05) is 12.1 Å². The monoisotopic (exact) mass is 345 g/mol. The minimum absolute atomic E-state index is 0.0538. The number of amides is 1. The van der Waals surface area contributed by atoms with E-state index in [0.29, 0.717) is 18.9 Å². The van der Waals surface area contributed by atoms with Crippen molar-refractivity contribution in [2.24, 2.45) is 5.92 Å². The molecule has 3 nitrogen and oxygen atoms in total. The van der Waals surface area contributed by atoms with Gasteiger partial charge in [0.1, 0.15) is 17.4 Å². The number of rotatable bonds is 5. The number of hydrogen-bond acceptors (Lipinski definition) is 2. The number of halogens is 2. The van der Waals surface area contributed by atoms with E-state index in [9.17, 15) is 13.6 Å². The van der Waals surface area contributed by atoms with Crippen LogP contribution in [0.4, 0.5) is 8.78 Å². The lowest BCUT2D eigenvalue weighted by Crippen LogP contribution is -2.42. The third-order valence-corrected chi connectivity index (χ3v) is 4.44. The zero-order valence-corrected chi connectivity index (χ0v) is 14.0. The number of hydrogen-bond donors (Lipinski definition) is 0. The van der Waals surface area contributed by atoms with E-state index in [4.69, 9.17) is 4.74 Å². The second kappa shape index (κ2) is 8.10. The van der Waals surface area contributed by atoms with E-state index in [2.05, 4.69) is 0 Å². The van der Waals surface area contributed by atoms with Gasteiger partial charge in [-0.2, -0.15) is 0 Å². The number of nitrogens with zero attached hydrogens (tertiary/aromatic N) is 1. The van der Waals surface area contributed by atoms with Gasteiger partial charge in [0.2, 0.25) is 5.91 Å². The molecule has 132 valence electrons. The molecule has 2 aromatic rings. The Hall–Kier alpha value is -2.43. The first-order valence-corrected chi connectivity index (χ1v) is 8.51. The van der Waals surface area contributed by atoms with Gasteiger partial charge in [0.25, 0.3) is 0 Å². The summed E-state index contributed by atoms with van der Waals surface area (Å²) in [5, 5.41) is 0. The number of piperidine rings is 1. The van der Waals surface area contributed by atoms with Crippen LogP contribution in [-0.2, 0) is 11.2 Å². The summed E-state index contributed by atoms with van der Waals surface area (Å²) in [4.78, 5) is 14.3. The molecular formula is C20H21F2NO2. The van der Waals surface area contributed by atoms with Crippen LogP contribution in [0.15, 0.2) is 48.5 Å². The molecule has 1 aliphatic heterocycles. The predicted octanol–water partition coefficient (Wildman–Crippen LogP) is 3.82. The standard InChI is InChI=1S/C20H21F2NO2/c21-17-5-3-15(4-6-17)12-20(24)23-11-1-2-16(13-23)14-25-19-9-7-18(22)8-10-19/h3-10,16H,1-2,11-14H2. The molecule has 1 heterocycles. The molecular weight excluding hydrogens is 324 g/mol. The molecule has 1 atom stereocenters. The summed E-state index contributed by atoms with van der Waals surface area (Å²) < 4.78 is 31.6. The van der Waals surface area contributed by atoms with Gasteiger partial charge in [-0.3, -0.25) is 4.79 Å². The number of ether oxygens (including phenoxy) is 1. The minimum atomic E-state index is -0.299. The Bertz CT molecular complexity index is 701. The van der Waals surface area contributed by atoms with Crippen molar-refractivity contribution in [3.8, 4) is 5.75 Å². The van der Waals surface area contributed by atoms with Crippen LogP contribution in [-0.4, -0.2) is 30.5 Å². The maximum Gasteiger partial charge on any atom is 0.227 e. The number of benzene rings is 2. The number of carbonyl (C=O) groups is 1. The molecule has 0 aromatic heterocycles. The summed E-state index contributed by atoms with van der Waals surface area (Å²) in [5.41, 5.74) is 0.816. The smallest absolute Gasteiger partial charge is 0.227 e. The highest BCUT2D eigenvalue weighted by molar-refractivity contribution is 5.78. The van der Waals surface area contributed by atoms with Crippen molar-refractivity contribution >= 4 is 5.91 Å². The molecule has 1 fully saturated rings. The summed E-state index contributed by atoms with van der Waals surface area (Å²) in [7, 11) is 0. The highest BCUT2D eigenvalue weighted by Gasteiger charge is 2.24. The first kappa shape index (κ1) is 17.4. The summed E-state index contributed by atoms with van der Waals surface area (Å²) in [6, 6.07) is 12.0. The third-order valence-electron chi connectivity index (χ3n) is 4.44. The average Bonchev–Trinajstić information content (AvgIpc) is 2.63. The zero-order chi connectivity index (χ0) is 17.6. The van der Waals surface area contributed by atoms with Crippen LogP contribution >= 0.6 is 0 Å². The lowest BCUT2D eigenvalue weighted by atomic mass is 9.98.